The molecule has 0 saturated carbocycles. The van der Waals surface area contributed by atoms with Crippen LogP contribution in [0.5, 0.6) is 0 Å². The minimum absolute atomic E-state index is 0.196. The quantitative estimate of drug-likeness (QED) is 0.253. The van der Waals surface area contributed by atoms with E-state index in [2.05, 4.69) is 0 Å². The van der Waals surface area contributed by atoms with Crippen LogP contribution >= 0.6 is 0 Å². The van der Waals surface area contributed by atoms with Gasteiger partial charge in [-0.25, -0.2) is 4.79 Å². The maximum Gasteiger partial charge on any atom is 0.432 e. The SMILES string of the molecule is CO[C@@](C(=O)OC[C@H](C[C@H](C)OCc1ccccc1)OCc1ccccc1)(c1ccccc1)C(F)(F)F. The Hall–Kier alpha value is -3.20. The third kappa shape index (κ3) is 7.64. The lowest BCUT2D eigenvalue weighted by Crippen LogP contribution is -2.52. The fourth-order valence-electron chi connectivity index (χ4n) is 3.88. The smallest absolute Gasteiger partial charge is 0.432 e. The van der Waals surface area contributed by atoms with Crippen LogP contribution in [0.15, 0.2) is 91.0 Å². The highest BCUT2D eigenvalue weighted by Gasteiger charge is 2.64. The van der Waals surface area contributed by atoms with E-state index in [1.165, 1.54) is 24.3 Å². The molecule has 5 nitrogen and oxygen atoms in total. The first kappa shape index (κ1) is 28.4. The number of benzene rings is 3. The zero-order chi connectivity index (χ0) is 26.7. The number of carbonyl (C=O) groups excluding carboxylic acids is 1. The van der Waals surface area contributed by atoms with E-state index in [1.54, 1.807) is 6.07 Å². The lowest BCUT2D eigenvalue weighted by Gasteiger charge is -2.33. The highest BCUT2D eigenvalue weighted by atomic mass is 19.4. The number of halogens is 3. The summed E-state index contributed by atoms with van der Waals surface area (Å²) in [5, 5.41) is 0. The molecule has 0 amide bonds. The van der Waals surface area contributed by atoms with Crippen molar-refractivity contribution in [3.8, 4) is 0 Å². The number of rotatable bonds is 13. The van der Waals surface area contributed by atoms with E-state index in [9.17, 15) is 18.0 Å². The van der Waals surface area contributed by atoms with E-state index in [0.29, 0.717) is 13.0 Å². The van der Waals surface area contributed by atoms with Crippen molar-refractivity contribution >= 4 is 5.97 Å². The van der Waals surface area contributed by atoms with Gasteiger partial charge in [0, 0.05) is 19.1 Å². The van der Waals surface area contributed by atoms with Crippen molar-refractivity contribution < 1.29 is 36.9 Å². The largest absolute Gasteiger partial charge is 0.460 e. The topological polar surface area (TPSA) is 54.0 Å². The summed E-state index contributed by atoms with van der Waals surface area (Å²) in [5.41, 5.74) is -1.76. The van der Waals surface area contributed by atoms with Crippen LogP contribution in [-0.2, 0) is 42.6 Å². The Morgan fingerprint density at radius 2 is 1.27 bits per heavy atom. The lowest BCUT2D eigenvalue weighted by molar-refractivity contribution is -0.277. The van der Waals surface area contributed by atoms with Gasteiger partial charge in [-0.3, -0.25) is 0 Å². The monoisotopic (exact) mass is 516 g/mol. The highest BCUT2D eigenvalue weighted by molar-refractivity contribution is 5.82. The first-order valence-electron chi connectivity index (χ1n) is 11.9. The van der Waals surface area contributed by atoms with Crippen molar-refractivity contribution in [2.24, 2.45) is 0 Å². The van der Waals surface area contributed by atoms with E-state index in [1.807, 2.05) is 67.6 Å². The fraction of sp³-hybridized carbons (Fsp3) is 0.345. The standard InChI is InChI=1S/C29H31F3O5/c1-22(35-19-23-12-6-3-7-13-23)18-26(36-20-24-14-8-4-9-15-24)21-37-27(33)28(34-2,29(30,31)32)25-16-10-5-11-17-25/h3-17,22,26H,18-21H2,1-2H3/t22-,26-,28+/m0/s1. The van der Waals surface area contributed by atoms with E-state index >= 15 is 0 Å². The van der Waals surface area contributed by atoms with Crippen molar-refractivity contribution in [2.75, 3.05) is 13.7 Å². The van der Waals surface area contributed by atoms with Crippen molar-refractivity contribution in [3.05, 3.63) is 108 Å². The summed E-state index contributed by atoms with van der Waals surface area (Å²) in [6.45, 7) is 1.99. The number of hydrogen-bond donors (Lipinski definition) is 0. The molecule has 0 aliphatic heterocycles. The van der Waals surface area contributed by atoms with Gasteiger partial charge >= 0.3 is 12.1 Å². The van der Waals surface area contributed by atoms with Crippen LogP contribution in [0.25, 0.3) is 0 Å². The minimum Gasteiger partial charge on any atom is -0.460 e. The fourth-order valence-corrected chi connectivity index (χ4v) is 3.88. The molecular formula is C29H31F3O5. The van der Waals surface area contributed by atoms with Crippen LogP contribution in [0.4, 0.5) is 13.2 Å². The Bertz CT molecular complexity index is 1080. The molecule has 0 heterocycles. The van der Waals surface area contributed by atoms with Crippen molar-refractivity contribution in [3.63, 3.8) is 0 Å². The second-order valence-electron chi connectivity index (χ2n) is 8.61. The number of alkyl halides is 3. The predicted octanol–water partition coefficient (Wildman–Crippen LogP) is 6.21. The summed E-state index contributed by atoms with van der Waals surface area (Å²) in [6.07, 6.45) is -5.78. The van der Waals surface area contributed by atoms with Gasteiger partial charge in [0.05, 0.1) is 25.4 Å². The predicted molar refractivity (Wildman–Crippen MR) is 132 cm³/mol. The average molecular weight is 517 g/mol. The van der Waals surface area contributed by atoms with Gasteiger partial charge in [-0.15, -0.1) is 0 Å². The van der Waals surface area contributed by atoms with E-state index in [4.69, 9.17) is 18.9 Å². The van der Waals surface area contributed by atoms with Gasteiger partial charge in [-0.05, 0) is 18.1 Å². The summed E-state index contributed by atoms with van der Waals surface area (Å²) in [6, 6.07) is 25.6. The van der Waals surface area contributed by atoms with Gasteiger partial charge in [0.1, 0.15) is 6.61 Å². The summed E-state index contributed by atoms with van der Waals surface area (Å²) in [5.74, 6) is -1.56. The number of hydrogen-bond acceptors (Lipinski definition) is 5. The zero-order valence-electron chi connectivity index (χ0n) is 20.8. The minimum atomic E-state index is -5.05. The van der Waals surface area contributed by atoms with Gasteiger partial charge in [0.2, 0.25) is 0 Å². The van der Waals surface area contributed by atoms with Crippen molar-refractivity contribution in [1.82, 2.24) is 0 Å². The molecule has 0 spiro atoms. The Balaban J connectivity index is 1.71. The number of esters is 1. The molecule has 0 unspecified atom stereocenters. The molecule has 0 saturated heterocycles. The summed E-state index contributed by atoms with van der Waals surface area (Å²) in [7, 11) is 0.838. The normalized spacial score (nSPS) is 14.9. The molecule has 198 valence electrons. The zero-order valence-corrected chi connectivity index (χ0v) is 20.8. The number of methoxy groups -OCH3 is 1. The molecule has 3 rings (SSSR count). The first-order chi connectivity index (χ1) is 17.8. The maximum absolute atomic E-state index is 14.2. The molecule has 0 N–H and O–H groups in total. The van der Waals surface area contributed by atoms with Crippen molar-refractivity contribution in [1.29, 1.82) is 0 Å². The van der Waals surface area contributed by atoms with Gasteiger partial charge < -0.3 is 18.9 Å². The second-order valence-corrected chi connectivity index (χ2v) is 8.61. The number of carbonyl (C=O) groups is 1. The first-order valence-corrected chi connectivity index (χ1v) is 11.9. The Kier molecular flexibility index (Phi) is 10.3. The lowest BCUT2D eigenvalue weighted by atomic mass is 9.92. The molecule has 3 atom stereocenters. The molecule has 0 aromatic heterocycles. The number of ether oxygens (including phenoxy) is 4. The summed E-state index contributed by atoms with van der Waals surface area (Å²) in [4.78, 5) is 13.0. The van der Waals surface area contributed by atoms with Gasteiger partial charge in [0.15, 0.2) is 0 Å². The average Bonchev–Trinajstić information content (AvgIpc) is 2.90. The molecule has 3 aromatic rings. The van der Waals surface area contributed by atoms with Crippen LogP contribution in [-0.4, -0.2) is 38.1 Å². The van der Waals surface area contributed by atoms with Crippen LogP contribution in [0.2, 0.25) is 0 Å². The summed E-state index contributed by atoms with van der Waals surface area (Å²) >= 11 is 0. The van der Waals surface area contributed by atoms with E-state index in [-0.39, 0.29) is 18.3 Å². The van der Waals surface area contributed by atoms with Crippen molar-refractivity contribution in [2.45, 2.75) is 50.5 Å². The molecule has 37 heavy (non-hydrogen) atoms. The molecular weight excluding hydrogens is 485 g/mol. The van der Waals surface area contributed by atoms with Gasteiger partial charge in [-0.1, -0.05) is 91.0 Å². The van der Waals surface area contributed by atoms with Crippen LogP contribution < -0.4 is 0 Å². The Morgan fingerprint density at radius 3 is 1.76 bits per heavy atom. The molecule has 3 aromatic carbocycles. The van der Waals surface area contributed by atoms with Crippen LogP contribution in [0.3, 0.4) is 0 Å². The van der Waals surface area contributed by atoms with Gasteiger partial charge in [0.25, 0.3) is 5.60 Å². The maximum atomic E-state index is 14.2. The molecule has 8 heteroatoms. The highest BCUT2D eigenvalue weighted by Crippen LogP contribution is 2.43. The third-order valence-electron chi connectivity index (χ3n) is 5.87. The van der Waals surface area contributed by atoms with E-state index < -0.39 is 30.5 Å². The third-order valence-corrected chi connectivity index (χ3v) is 5.87. The molecule has 0 bridgehead atoms. The molecule has 0 aliphatic rings. The van der Waals surface area contributed by atoms with Gasteiger partial charge in [-0.2, -0.15) is 13.2 Å². The molecule has 0 aliphatic carbocycles. The molecule has 0 fully saturated rings. The van der Waals surface area contributed by atoms with E-state index in [0.717, 1.165) is 18.2 Å². The summed E-state index contributed by atoms with van der Waals surface area (Å²) < 4.78 is 64.5. The van der Waals surface area contributed by atoms with Crippen LogP contribution in [0.1, 0.15) is 30.0 Å². The second kappa shape index (κ2) is 13.4. The Labute approximate surface area is 215 Å². The Morgan fingerprint density at radius 1 is 0.784 bits per heavy atom. The van der Waals surface area contributed by atoms with Crippen LogP contribution in [0, 0.1) is 0 Å². The molecule has 0 radical (unpaired) electrons.